The number of benzene rings is 2. The smallest absolute Gasteiger partial charge is 0.238 e. The first kappa shape index (κ1) is 18.9. The lowest BCUT2D eigenvalue weighted by Gasteiger charge is -2.22. The molecule has 1 heterocycles. The molecule has 28 heavy (non-hydrogen) atoms. The van der Waals surface area contributed by atoms with Crippen LogP contribution in [-0.4, -0.2) is 36.5 Å². The molecule has 0 spiro atoms. The van der Waals surface area contributed by atoms with Crippen molar-refractivity contribution in [2.24, 2.45) is 0 Å². The third kappa shape index (κ3) is 4.71. The van der Waals surface area contributed by atoms with Gasteiger partial charge in [-0.05, 0) is 74.1 Å². The predicted molar refractivity (Wildman–Crippen MR) is 111 cm³/mol. The Balaban J connectivity index is 1.38. The zero-order chi connectivity index (χ0) is 19.5. The van der Waals surface area contributed by atoms with E-state index in [0.717, 1.165) is 42.7 Å². The molecule has 1 aliphatic heterocycles. The number of halogens is 1. The van der Waals surface area contributed by atoms with E-state index >= 15 is 0 Å². The van der Waals surface area contributed by atoms with Crippen molar-refractivity contribution in [3.63, 3.8) is 0 Å². The maximum absolute atomic E-state index is 13.5. The first-order valence-corrected chi connectivity index (χ1v) is 10.2. The fraction of sp³-hybridized carbons (Fsp3) is 0.435. The van der Waals surface area contributed by atoms with E-state index in [1.54, 1.807) is 12.1 Å². The second-order valence-corrected chi connectivity index (χ2v) is 8.01. The topological polar surface area (TPSA) is 35.6 Å². The van der Waals surface area contributed by atoms with Gasteiger partial charge in [0, 0.05) is 37.1 Å². The normalized spacial score (nSPS) is 16.6. The van der Waals surface area contributed by atoms with Crippen LogP contribution in [0, 0.1) is 12.7 Å². The summed E-state index contributed by atoms with van der Waals surface area (Å²) in [6.07, 6.45) is 4.71. The van der Waals surface area contributed by atoms with Crippen molar-refractivity contribution in [1.82, 2.24) is 4.90 Å². The maximum atomic E-state index is 13.5. The quantitative estimate of drug-likeness (QED) is 0.775. The summed E-state index contributed by atoms with van der Waals surface area (Å²) in [5.41, 5.74) is 4.10. The molecule has 2 fully saturated rings. The maximum Gasteiger partial charge on any atom is 0.238 e. The molecule has 4 rings (SSSR count). The van der Waals surface area contributed by atoms with Crippen molar-refractivity contribution in [1.29, 1.82) is 0 Å². The Bertz CT molecular complexity index is 843. The Labute approximate surface area is 166 Å². The Morgan fingerprint density at radius 3 is 2.64 bits per heavy atom. The van der Waals surface area contributed by atoms with E-state index in [1.807, 2.05) is 19.1 Å². The van der Waals surface area contributed by atoms with Gasteiger partial charge in [0.1, 0.15) is 5.82 Å². The number of rotatable bonds is 7. The van der Waals surface area contributed by atoms with Crippen molar-refractivity contribution < 1.29 is 9.18 Å². The van der Waals surface area contributed by atoms with E-state index in [4.69, 9.17) is 0 Å². The summed E-state index contributed by atoms with van der Waals surface area (Å²) in [6, 6.07) is 13.3. The lowest BCUT2D eigenvalue weighted by molar-refractivity contribution is -0.117. The van der Waals surface area contributed by atoms with Gasteiger partial charge in [-0.25, -0.2) is 4.39 Å². The van der Waals surface area contributed by atoms with Gasteiger partial charge in [-0.15, -0.1) is 0 Å². The minimum absolute atomic E-state index is 0.0136. The van der Waals surface area contributed by atoms with Crippen LogP contribution in [0.15, 0.2) is 42.5 Å². The van der Waals surface area contributed by atoms with Crippen LogP contribution >= 0.6 is 0 Å². The van der Waals surface area contributed by atoms with Crippen LogP contribution in [0.2, 0.25) is 0 Å². The van der Waals surface area contributed by atoms with Crippen LogP contribution in [0.1, 0.15) is 36.8 Å². The first-order valence-electron chi connectivity index (χ1n) is 10.2. The van der Waals surface area contributed by atoms with Crippen molar-refractivity contribution in [3.8, 4) is 0 Å². The molecule has 2 aromatic carbocycles. The number of hydrogen-bond acceptors (Lipinski definition) is 3. The van der Waals surface area contributed by atoms with Gasteiger partial charge in [-0.3, -0.25) is 9.69 Å². The van der Waals surface area contributed by atoms with Crippen LogP contribution in [0.4, 0.5) is 15.8 Å². The summed E-state index contributed by atoms with van der Waals surface area (Å²) < 4.78 is 13.5. The van der Waals surface area contributed by atoms with Crippen LogP contribution in [0.5, 0.6) is 0 Å². The molecule has 4 nitrogen and oxygen atoms in total. The standard InChI is InChI=1S/C23H28FN3O/c1-17-13-21(26-11-2-3-12-26)9-10-22(17)25-23(28)16-27(20-7-8-20)15-18-5-4-6-19(24)14-18/h4-6,9-10,13-14,20H,2-3,7-8,11-12,15-16H2,1H3,(H,25,28). The number of nitrogens with one attached hydrogen (secondary N) is 1. The molecule has 2 aromatic rings. The molecule has 1 N–H and O–H groups in total. The number of hydrogen-bond donors (Lipinski definition) is 1. The molecular formula is C23H28FN3O. The number of aryl methyl sites for hydroxylation is 1. The van der Waals surface area contributed by atoms with Crippen LogP contribution in [0.25, 0.3) is 0 Å². The van der Waals surface area contributed by atoms with Gasteiger partial charge < -0.3 is 10.2 Å². The predicted octanol–water partition coefficient (Wildman–Crippen LogP) is 4.34. The molecule has 0 unspecified atom stereocenters. The summed E-state index contributed by atoms with van der Waals surface area (Å²) >= 11 is 0. The highest BCUT2D eigenvalue weighted by molar-refractivity contribution is 5.93. The second-order valence-electron chi connectivity index (χ2n) is 8.01. The SMILES string of the molecule is Cc1cc(N2CCCC2)ccc1NC(=O)CN(Cc1cccc(F)c1)C1CC1. The molecule has 0 atom stereocenters. The van der Waals surface area contributed by atoms with E-state index in [1.165, 1.54) is 24.6 Å². The Hall–Kier alpha value is -2.40. The van der Waals surface area contributed by atoms with Crippen molar-refractivity contribution in [2.75, 3.05) is 29.9 Å². The summed E-state index contributed by atoms with van der Waals surface area (Å²) in [5.74, 6) is -0.244. The molecule has 1 saturated carbocycles. The average molecular weight is 381 g/mol. The summed E-state index contributed by atoms with van der Waals surface area (Å²) in [4.78, 5) is 17.2. The highest BCUT2D eigenvalue weighted by Gasteiger charge is 2.30. The van der Waals surface area contributed by atoms with Gasteiger partial charge in [0.25, 0.3) is 0 Å². The minimum Gasteiger partial charge on any atom is -0.372 e. The van der Waals surface area contributed by atoms with E-state index < -0.39 is 0 Å². The Morgan fingerprint density at radius 1 is 1.18 bits per heavy atom. The summed E-state index contributed by atoms with van der Waals surface area (Å²) in [7, 11) is 0. The van der Waals surface area contributed by atoms with Gasteiger partial charge in [-0.2, -0.15) is 0 Å². The molecular weight excluding hydrogens is 353 g/mol. The largest absolute Gasteiger partial charge is 0.372 e. The lowest BCUT2D eigenvalue weighted by Crippen LogP contribution is -2.34. The number of nitrogens with zero attached hydrogens (tertiary/aromatic N) is 2. The first-order chi connectivity index (χ1) is 13.6. The van der Waals surface area contributed by atoms with Crippen molar-refractivity contribution in [3.05, 3.63) is 59.4 Å². The van der Waals surface area contributed by atoms with Gasteiger partial charge in [0.2, 0.25) is 5.91 Å². The molecule has 1 aliphatic carbocycles. The third-order valence-corrected chi connectivity index (χ3v) is 5.64. The van der Waals surface area contributed by atoms with Crippen molar-refractivity contribution >= 4 is 17.3 Å². The highest BCUT2D eigenvalue weighted by atomic mass is 19.1. The second kappa shape index (κ2) is 8.31. The molecule has 0 radical (unpaired) electrons. The zero-order valence-electron chi connectivity index (χ0n) is 16.5. The van der Waals surface area contributed by atoms with Crippen LogP contribution in [-0.2, 0) is 11.3 Å². The molecule has 1 saturated heterocycles. The van der Waals surface area contributed by atoms with Crippen LogP contribution < -0.4 is 10.2 Å². The monoisotopic (exact) mass is 381 g/mol. The number of amides is 1. The van der Waals surface area contributed by atoms with E-state index in [2.05, 4.69) is 27.2 Å². The van der Waals surface area contributed by atoms with Gasteiger partial charge >= 0.3 is 0 Å². The minimum atomic E-state index is -0.230. The van der Waals surface area contributed by atoms with Crippen LogP contribution in [0.3, 0.4) is 0 Å². The van der Waals surface area contributed by atoms with E-state index in [-0.39, 0.29) is 11.7 Å². The zero-order valence-corrected chi connectivity index (χ0v) is 16.5. The molecule has 1 amide bonds. The van der Waals surface area contributed by atoms with E-state index in [0.29, 0.717) is 19.1 Å². The highest BCUT2D eigenvalue weighted by Crippen LogP contribution is 2.29. The van der Waals surface area contributed by atoms with Gasteiger partial charge in [0.05, 0.1) is 6.54 Å². The molecule has 0 aromatic heterocycles. The third-order valence-electron chi connectivity index (χ3n) is 5.64. The van der Waals surface area contributed by atoms with Crippen molar-refractivity contribution in [2.45, 2.75) is 45.2 Å². The number of carbonyl (C=O) groups is 1. The lowest BCUT2D eigenvalue weighted by atomic mass is 10.1. The Morgan fingerprint density at radius 2 is 1.96 bits per heavy atom. The number of carbonyl (C=O) groups excluding carboxylic acids is 1. The fourth-order valence-corrected chi connectivity index (χ4v) is 3.96. The molecule has 148 valence electrons. The summed E-state index contributed by atoms with van der Waals surface area (Å²) in [5, 5.41) is 3.07. The fourth-order valence-electron chi connectivity index (χ4n) is 3.96. The molecule has 2 aliphatic rings. The Kier molecular flexibility index (Phi) is 5.62. The molecule has 5 heteroatoms. The summed E-state index contributed by atoms with van der Waals surface area (Å²) in [6.45, 7) is 5.20. The number of anilines is 2. The van der Waals surface area contributed by atoms with E-state index in [9.17, 15) is 9.18 Å². The average Bonchev–Trinajstić information content (AvgIpc) is 3.37. The van der Waals surface area contributed by atoms with Gasteiger partial charge in [0.15, 0.2) is 0 Å². The van der Waals surface area contributed by atoms with Gasteiger partial charge in [-0.1, -0.05) is 12.1 Å². The molecule has 0 bridgehead atoms.